The first-order chi connectivity index (χ1) is 7.63. The minimum atomic E-state index is -0.894. The van der Waals surface area contributed by atoms with Crippen molar-refractivity contribution >= 4 is 5.97 Å². The average Bonchev–Trinajstić information content (AvgIpc) is 2.26. The van der Waals surface area contributed by atoms with Crippen molar-refractivity contribution < 1.29 is 15.0 Å². The highest BCUT2D eigenvalue weighted by Gasteiger charge is 2.16. The van der Waals surface area contributed by atoms with Crippen molar-refractivity contribution in [2.45, 2.75) is 12.5 Å². The highest BCUT2D eigenvalue weighted by atomic mass is 16.4. The number of aliphatic carboxylic acids is 1. The van der Waals surface area contributed by atoms with Crippen molar-refractivity contribution in [1.82, 2.24) is 5.32 Å². The third-order valence-electron chi connectivity index (χ3n) is 2.18. The molecule has 1 atom stereocenters. The number of hydrogen-bond acceptors (Lipinski definition) is 3. The van der Waals surface area contributed by atoms with Gasteiger partial charge < -0.3 is 15.5 Å². The highest BCUT2D eigenvalue weighted by Crippen LogP contribution is 2.11. The van der Waals surface area contributed by atoms with Crippen LogP contribution in [0.2, 0.25) is 0 Å². The van der Waals surface area contributed by atoms with Crippen LogP contribution in [-0.2, 0) is 11.2 Å². The summed E-state index contributed by atoms with van der Waals surface area (Å²) in [6.07, 6.45) is 2.00. The van der Waals surface area contributed by atoms with Gasteiger partial charge in [0.05, 0.1) is 0 Å². The van der Waals surface area contributed by atoms with Gasteiger partial charge in [-0.1, -0.05) is 18.2 Å². The molecule has 1 aromatic rings. The summed E-state index contributed by atoms with van der Waals surface area (Å²) in [4.78, 5) is 10.9. The van der Waals surface area contributed by atoms with Crippen molar-refractivity contribution in [3.63, 3.8) is 0 Å². The van der Waals surface area contributed by atoms with E-state index in [1.807, 2.05) is 0 Å². The van der Waals surface area contributed by atoms with E-state index in [0.717, 1.165) is 5.56 Å². The van der Waals surface area contributed by atoms with Crippen LogP contribution in [0, 0.1) is 0 Å². The van der Waals surface area contributed by atoms with Crippen molar-refractivity contribution in [2.24, 2.45) is 0 Å². The normalized spacial score (nSPS) is 12.0. The van der Waals surface area contributed by atoms with Crippen molar-refractivity contribution in [3.05, 3.63) is 42.5 Å². The van der Waals surface area contributed by atoms with E-state index >= 15 is 0 Å². The van der Waals surface area contributed by atoms with E-state index in [0.29, 0.717) is 13.0 Å². The van der Waals surface area contributed by atoms with Crippen molar-refractivity contribution in [1.29, 1.82) is 0 Å². The third-order valence-corrected chi connectivity index (χ3v) is 2.18. The van der Waals surface area contributed by atoms with E-state index in [2.05, 4.69) is 11.9 Å². The minimum absolute atomic E-state index is 0.176. The number of nitrogens with one attached hydrogen (secondary N) is 1. The predicted octanol–water partition coefficient (Wildman–Crippen LogP) is 1.16. The zero-order chi connectivity index (χ0) is 12.0. The molecule has 0 unspecified atom stereocenters. The van der Waals surface area contributed by atoms with E-state index in [-0.39, 0.29) is 5.75 Å². The molecule has 0 aromatic heterocycles. The standard InChI is InChI=1S/C12H15NO3/c1-2-7-13-11(12(15)16)8-9-3-5-10(14)6-4-9/h2-6,11,13-14H,1,7-8H2,(H,15,16)/t11-/m0/s1. The Hall–Kier alpha value is -1.81. The van der Waals surface area contributed by atoms with E-state index < -0.39 is 12.0 Å². The van der Waals surface area contributed by atoms with Gasteiger partial charge in [-0.25, -0.2) is 0 Å². The average molecular weight is 221 g/mol. The van der Waals surface area contributed by atoms with Crippen molar-refractivity contribution in [3.8, 4) is 5.75 Å². The van der Waals surface area contributed by atoms with E-state index in [4.69, 9.17) is 10.2 Å². The Labute approximate surface area is 94.2 Å². The molecule has 0 aliphatic heterocycles. The lowest BCUT2D eigenvalue weighted by atomic mass is 10.1. The van der Waals surface area contributed by atoms with Gasteiger partial charge in [-0.2, -0.15) is 0 Å². The molecule has 4 nitrogen and oxygen atoms in total. The summed E-state index contributed by atoms with van der Waals surface area (Å²) in [6.45, 7) is 3.98. The summed E-state index contributed by atoms with van der Waals surface area (Å²) in [5.41, 5.74) is 0.863. The van der Waals surface area contributed by atoms with Gasteiger partial charge in [0.25, 0.3) is 0 Å². The molecule has 0 saturated carbocycles. The summed E-state index contributed by atoms with van der Waals surface area (Å²) in [5.74, 6) is -0.718. The molecule has 16 heavy (non-hydrogen) atoms. The minimum Gasteiger partial charge on any atom is -0.508 e. The Morgan fingerprint density at radius 3 is 2.56 bits per heavy atom. The van der Waals surface area contributed by atoms with E-state index in [1.165, 1.54) is 0 Å². The Kier molecular flexibility index (Phi) is 4.54. The highest BCUT2D eigenvalue weighted by molar-refractivity contribution is 5.73. The first kappa shape index (κ1) is 12.3. The molecule has 0 bridgehead atoms. The Balaban J connectivity index is 2.63. The first-order valence-electron chi connectivity index (χ1n) is 4.98. The number of carboxylic acid groups (broad SMARTS) is 1. The number of benzene rings is 1. The van der Waals surface area contributed by atoms with Crippen LogP contribution in [0.25, 0.3) is 0 Å². The van der Waals surface area contributed by atoms with Gasteiger partial charge in [0.1, 0.15) is 11.8 Å². The van der Waals surface area contributed by atoms with Gasteiger partial charge in [0.2, 0.25) is 0 Å². The number of aromatic hydroxyl groups is 1. The largest absolute Gasteiger partial charge is 0.508 e. The maximum atomic E-state index is 10.9. The maximum absolute atomic E-state index is 10.9. The van der Waals surface area contributed by atoms with Gasteiger partial charge in [-0.15, -0.1) is 6.58 Å². The predicted molar refractivity (Wildman–Crippen MR) is 61.4 cm³/mol. The lowest BCUT2D eigenvalue weighted by Crippen LogP contribution is -2.38. The Bertz CT molecular complexity index is 359. The lowest BCUT2D eigenvalue weighted by molar-refractivity contribution is -0.139. The summed E-state index contributed by atoms with van der Waals surface area (Å²) in [7, 11) is 0. The quantitative estimate of drug-likeness (QED) is 0.630. The smallest absolute Gasteiger partial charge is 0.321 e. The molecular weight excluding hydrogens is 206 g/mol. The zero-order valence-corrected chi connectivity index (χ0v) is 8.89. The van der Waals surface area contributed by atoms with Gasteiger partial charge in [-0.3, -0.25) is 4.79 Å². The summed E-state index contributed by atoms with van der Waals surface area (Å²) in [5, 5.41) is 20.9. The fraction of sp³-hybridized carbons (Fsp3) is 0.250. The number of rotatable bonds is 6. The molecule has 1 aromatic carbocycles. The second-order valence-electron chi connectivity index (χ2n) is 3.46. The number of carboxylic acids is 1. The summed E-state index contributed by atoms with van der Waals surface area (Å²) < 4.78 is 0. The molecule has 0 aliphatic rings. The number of carbonyl (C=O) groups is 1. The number of phenols is 1. The summed E-state index contributed by atoms with van der Waals surface area (Å²) >= 11 is 0. The second-order valence-corrected chi connectivity index (χ2v) is 3.46. The SMILES string of the molecule is C=CCN[C@@H](Cc1ccc(O)cc1)C(=O)O. The zero-order valence-electron chi connectivity index (χ0n) is 8.89. The van der Waals surface area contributed by atoms with E-state index in [1.54, 1.807) is 30.3 Å². The molecule has 4 heteroatoms. The van der Waals surface area contributed by atoms with Crippen LogP contribution in [0.5, 0.6) is 5.75 Å². The van der Waals surface area contributed by atoms with Crippen molar-refractivity contribution in [2.75, 3.05) is 6.54 Å². The van der Waals surface area contributed by atoms with Crippen LogP contribution >= 0.6 is 0 Å². The molecule has 0 amide bonds. The van der Waals surface area contributed by atoms with Gasteiger partial charge in [0.15, 0.2) is 0 Å². The third kappa shape index (κ3) is 3.74. The van der Waals surface area contributed by atoms with E-state index in [9.17, 15) is 4.79 Å². The Morgan fingerprint density at radius 1 is 1.44 bits per heavy atom. The Morgan fingerprint density at radius 2 is 2.06 bits per heavy atom. The number of hydrogen-bond donors (Lipinski definition) is 3. The van der Waals surface area contributed by atoms with Gasteiger partial charge in [0, 0.05) is 6.54 Å². The molecule has 86 valence electrons. The monoisotopic (exact) mass is 221 g/mol. The first-order valence-corrected chi connectivity index (χ1v) is 4.98. The van der Waals surface area contributed by atoms with Crippen LogP contribution in [0.3, 0.4) is 0 Å². The molecule has 0 fully saturated rings. The molecule has 1 rings (SSSR count). The van der Waals surface area contributed by atoms with Crippen LogP contribution < -0.4 is 5.32 Å². The maximum Gasteiger partial charge on any atom is 0.321 e. The summed E-state index contributed by atoms with van der Waals surface area (Å²) in [6, 6.07) is 5.87. The van der Waals surface area contributed by atoms with Crippen LogP contribution in [-0.4, -0.2) is 28.8 Å². The molecular formula is C12H15NO3. The molecule has 0 spiro atoms. The van der Waals surface area contributed by atoms with Crippen LogP contribution in [0.15, 0.2) is 36.9 Å². The fourth-order valence-corrected chi connectivity index (χ4v) is 1.34. The molecule has 0 heterocycles. The lowest BCUT2D eigenvalue weighted by Gasteiger charge is -2.13. The molecule has 3 N–H and O–H groups in total. The van der Waals surface area contributed by atoms with Crippen LogP contribution in [0.4, 0.5) is 0 Å². The molecule has 0 radical (unpaired) electrons. The topological polar surface area (TPSA) is 69.6 Å². The molecule has 0 aliphatic carbocycles. The van der Waals surface area contributed by atoms with Gasteiger partial charge >= 0.3 is 5.97 Å². The van der Waals surface area contributed by atoms with Gasteiger partial charge in [-0.05, 0) is 24.1 Å². The fourth-order valence-electron chi connectivity index (χ4n) is 1.34. The van der Waals surface area contributed by atoms with Crippen LogP contribution in [0.1, 0.15) is 5.56 Å². The molecule has 0 saturated heterocycles. The second kappa shape index (κ2) is 5.92. The number of phenolic OH excluding ortho intramolecular Hbond substituents is 1.